The van der Waals surface area contributed by atoms with E-state index in [4.69, 9.17) is 9.47 Å². The second-order valence-electron chi connectivity index (χ2n) is 5.22. The van der Waals surface area contributed by atoms with Crippen LogP contribution in [-0.2, 0) is 14.8 Å². The summed E-state index contributed by atoms with van der Waals surface area (Å²) in [7, 11) is -2.43. The maximum atomic E-state index is 12.9. The van der Waals surface area contributed by atoms with Crippen molar-refractivity contribution in [2.45, 2.75) is 4.90 Å². The maximum absolute atomic E-state index is 12.9. The largest absolute Gasteiger partial charge is 0.495 e. The Balaban J connectivity index is 1.93. The fraction of sp³-hybridized carbons (Fsp3) is 0.333. The molecule has 1 aliphatic heterocycles. The normalized spacial score (nSPS) is 15.7. The molecule has 25 heavy (non-hydrogen) atoms. The smallest absolute Gasteiger partial charge is 0.256 e. The lowest BCUT2D eigenvalue weighted by molar-refractivity contribution is 0.0729. The number of benzene rings is 1. The molecular formula is C15H17N3O6S. The van der Waals surface area contributed by atoms with Gasteiger partial charge in [0.15, 0.2) is 5.82 Å². The van der Waals surface area contributed by atoms with Crippen molar-refractivity contribution >= 4 is 21.7 Å². The average molecular weight is 367 g/mol. The Hall–Kier alpha value is -2.43. The molecule has 0 radical (unpaired) electrons. The SMILES string of the molecule is COc1ccc(C(=O)Nc2ccon2)cc1S(=O)(=O)N1CCOCC1. The Kier molecular flexibility index (Phi) is 5.02. The minimum atomic E-state index is -3.81. The summed E-state index contributed by atoms with van der Waals surface area (Å²) in [5, 5.41) is 6.11. The summed E-state index contributed by atoms with van der Waals surface area (Å²) in [6.07, 6.45) is 1.32. The van der Waals surface area contributed by atoms with Crippen LogP contribution in [0.1, 0.15) is 10.4 Å². The Morgan fingerprint density at radius 2 is 2.04 bits per heavy atom. The minimum absolute atomic E-state index is 0.0651. The van der Waals surface area contributed by atoms with Gasteiger partial charge in [0.05, 0.1) is 20.3 Å². The average Bonchev–Trinajstić information content (AvgIpc) is 3.15. The van der Waals surface area contributed by atoms with Gasteiger partial charge in [0, 0.05) is 24.7 Å². The Bertz CT molecular complexity index is 844. The number of morpholine rings is 1. The van der Waals surface area contributed by atoms with Crippen LogP contribution in [0.5, 0.6) is 5.75 Å². The fourth-order valence-electron chi connectivity index (χ4n) is 2.41. The first-order chi connectivity index (χ1) is 12.0. The van der Waals surface area contributed by atoms with Crippen LogP contribution in [-0.4, -0.2) is 57.2 Å². The van der Waals surface area contributed by atoms with Gasteiger partial charge in [-0.1, -0.05) is 5.16 Å². The molecule has 2 aromatic rings. The van der Waals surface area contributed by atoms with E-state index >= 15 is 0 Å². The molecule has 9 nitrogen and oxygen atoms in total. The van der Waals surface area contributed by atoms with Crippen LogP contribution >= 0.6 is 0 Å². The third-order valence-electron chi connectivity index (χ3n) is 3.69. The van der Waals surface area contributed by atoms with E-state index in [1.54, 1.807) is 0 Å². The van der Waals surface area contributed by atoms with Crippen LogP contribution in [0.3, 0.4) is 0 Å². The molecule has 2 heterocycles. The number of ether oxygens (including phenoxy) is 2. The molecule has 134 valence electrons. The predicted octanol–water partition coefficient (Wildman–Crippen LogP) is 0.956. The summed E-state index contributed by atoms with van der Waals surface area (Å²) in [5.41, 5.74) is 0.163. The maximum Gasteiger partial charge on any atom is 0.256 e. The summed E-state index contributed by atoms with van der Waals surface area (Å²) in [6, 6.07) is 5.70. The van der Waals surface area contributed by atoms with Crippen LogP contribution in [0.4, 0.5) is 5.82 Å². The third kappa shape index (κ3) is 3.65. The van der Waals surface area contributed by atoms with Crippen molar-refractivity contribution in [1.29, 1.82) is 0 Å². The van der Waals surface area contributed by atoms with E-state index in [2.05, 4.69) is 15.0 Å². The van der Waals surface area contributed by atoms with E-state index in [1.807, 2.05) is 0 Å². The number of carbonyl (C=O) groups excluding carboxylic acids is 1. The molecular weight excluding hydrogens is 350 g/mol. The molecule has 1 amide bonds. The quantitative estimate of drug-likeness (QED) is 0.838. The molecule has 1 N–H and O–H groups in total. The van der Waals surface area contributed by atoms with Crippen LogP contribution < -0.4 is 10.1 Å². The Morgan fingerprint density at radius 1 is 1.28 bits per heavy atom. The molecule has 0 spiro atoms. The number of nitrogens with zero attached hydrogens (tertiary/aromatic N) is 2. The first kappa shape index (κ1) is 17.4. The van der Waals surface area contributed by atoms with Crippen LogP contribution in [0.2, 0.25) is 0 Å². The first-order valence-corrected chi connectivity index (χ1v) is 8.94. The van der Waals surface area contributed by atoms with Crippen molar-refractivity contribution in [1.82, 2.24) is 9.46 Å². The zero-order chi connectivity index (χ0) is 17.9. The van der Waals surface area contributed by atoms with Crippen molar-refractivity contribution in [2.75, 3.05) is 38.7 Å². The molecule has 0 atom stereocenters. The molecule has 1 saturated heterocycles. The highest BCUT2D eigenvalue weighted by atomic mass is 32.2. The summed E-state index contributed by atoms with van der Waals surface area (Å²) in [4.78, 5) is 12.2. The second kappa shape index (κ2) is 7.21. The van der Waals surface area contributed by atoms with Crippen molar-refractivity contribution in [3.8, 4) is 5.75 Å². The molecule has 3 rings (SSSR count). The molecule has 0 saturated carbocycles. The fourth-order valence-corrected chi connectivity index (χ4v) is 4.00. The monoisotopic (exact) mass is 367 g/mol. The molecule has 1 fully saturated rings. The highest BCUT2D eigenvalue weighted by Gasteiger charge is 2.30. The highest BCUT2D eigenvalue weighted by Crippen LogP contribution is 2.28. The Labute approximate surface area is 144 Å². The molecule has 1 aromatic carbocycles. The van der Waals surface area contributed by atoms with Crippen molar-refractivity contribution in [3.05, 3.63) is 36.1 Å². The summed E-state index contributed by atoms with van der Waals surface area (Å²) >= 11 is 0. The van der Waals surface area contributed by atoms with Crippen LogP contribution in [0.25, 0.3) is 0 Å². The van der Waals surface area contributed by atoms with E-state index in [1.165, 1.54) is 41.9 Å². The number of rotatable bonds is 5. The lowest BCUT2D eigenvalue weighted by Crippen LogP contribution is -2.40. The minimum Gasteiger partial charge on any atom is -0.495 e. The van der Waals surface area contributed by atoms with E-state index in [0.717, 1.165) is 0 Å². The number of nitrogens with one attached hydrogen (secondary N) is 1. The van der Waals surface area contributed by atoms with E-state index in [-0.39, 0.29) is 35.1 Å². The van der Waals surface area contributed by atoms with Gasteiger partial charge in [-0.05, 0) is 18.2 Å². The number of hydrogen-bond donors (Lipinski definition) is 1. The van der Waals surface area contributed by atoms with Gasteiger partial charge in [-0.25, -0.2) is 8.42 Å². The number of amides is 1. The molecule has 1 aliphatic rings. The van der Waals surface area contributed by atoms with E-state index < -0.39 is 15.9 Å². The number of hydrogen-bond acceptors (Lipinski definition) is 7. The summed E-state index contributed by atoms with van der Waals surface area (Å²) in [6.45, 7) is 1.16. The van der Waals surface area contributed by atoms with Crippen molar-refractivity contribution in [2.24, 2.45) is 0 Å². The zero-order valence-electron chi connectivity index (χ0n) is 13.5. The zero-order valence-corrected chi connectivity index (χ0v) is 14.3. The molecule has 0 aliphatic carbocycles. The van der Waals surface area contributed by atoms with Gasteiger partial charge < -0.3 is 19.3 Å². The van der Waals surface area contributed by atoms with Gasteiger partial charge in [-0.3, -0.25) is 4.79 Å². The topological polar surface area (TPSA) is 111 Å². The van der Waals surface area contributed by atoms with Gasteiger partial charge in [-0.2, -0.15) is 4.31 Å². The van der Waals surface area contributed by atoms with Crippen molar-refractivity contribution in [3.63, 3.8) is 0 Å². The van der Waals surface area contributed by atoms with Gasteiger partial charge in [0.25, 0.3) is 5.91 Å². The highest BCUT2D eigenvalue weighted by molar-refractivity contribution is 7.89. The predicted molar refractivity (Wildman–Crippen MR) is 87.0 cm³/mol. The Morgan fingerprint density at radius 3 is 2.68 bits per heavy atom. The number of aromatic nitrogens is 1. The van der Waals surface area contributed by atoms with Gasteiger partial charge in [0.2, 0.25) is 10.0 Å². The number of anilines is 1. The van der Waals surface area contributed by atoms with E-state index in [0.29, 0.717) is 13.2 Å². The molecule has 1 aromatic heterocycles. The van der Waals surface area contributed by atoms with Crippen LogP contribution in [0, 0.1) is 0 Å². The lowest BCUT2D eigenvalue weighted by Gasteiger charge is -2.26. The summed E-state index contributed by atoms with van der Waals surface area (Å²) < 4.78 is 42.1. The van der Waals surface area contributed by atoms with E-state index in [9.17, 15) is 13.2 Å². The summed E-state index contributed by atoms with van der Waals surface area (Å²) in [5.74, 6) is -0.0992. The van der Waals surface area contributed by atoms with Gasteiger partial charge >= 0.3 is 0 Å². The number of sulfonamides is 1. The van der Waals surface area contributed by atoms with Crippen LogP contribution in [0.15, 0.2) is 39.9 Å². The number of methoxy groups -OCH3 is 1. The lowest BCUT2D eigenvalue weighted by atomic mass is 10.2. The second-order valence-corrected chi connectivity index (χ2v) is 7.13. The molecule has 10 heteroatoms. The number of carbonyl (C=O) groups is 1. The standard InChI is InChI=1S/C15H17N3O6S/c1-22-12-3-2-11(15(19)16-14-4-7-24-17-14)10-13(12)25(20,21)18-5-8-23-9-6-18/h2-4,7,10H,5-6,8-9H2,1H3,(H,16,17,19). The molecule has 0 bridgehead atoms. The van der Waals surface area contributed by atoms with Crippen molar-refractivity contribution < 1.29 is 27.2 Å². The first-order valence-electron chi connectivity index (χ1n) is 7.50. The molecule has 0 unspecified atom stereocenters. The van der Waals surface area contributed by atoms with Gasteiger partial charge in [0.1, 0.15) is 16.9 Å². The van der Waals surface area contributed by atoms with Gasteiger partial charge in [-0.15, -0.1) is 0 Å². The third-order valence-corrected chi connectivity index (χ3v) is 5.61.